The van der Waals surface area contributed by atoms with Crippen LogP contribution in [0.4, 0.5) is 9.59 Å². The fraction of sp³-hybridized carbons (Fsp3) is 0.600. The van der Waals surface area contributed by atoms with Crippen LogP contribution in [0.25, 0.3) is 0 Å². The summed E-state index contributed by atoms with van der Waals surface area (Å²) in [6.07, 6.45) is -4.33. The largest absolute Gasteiger partial charge is 1.00 e. The smallest absolute Gasteiger partial charge is 0.565 e. The van der Waals surface area contributed by atoms with Crippen LogP contribution < -0.4 is 75.5 Å². The van der Waals surface area contributed by atoms with Crippen LogP contribution in [0.15, 0.2) is 0 Å². The predicted octanol–water partition coefficient (Wildman–Crippen LogP) is -7.42. The summed E-state index contributed by atoms with van der Waals surface area (Å²) in [5.74, 6) is 0. The van der Waals surface area contributed by atoms with E-state index < -0.39 is 12.3 Å². The number of aliphatic hydroxyl groups excluding tert-OH is 1. The van der Waals surface area contributed by atoms with Crippen LogP contribution >= 0.6 is 0 Å². The molecule has 0 aliphatic heterocycles. The molecule has 0 fully saturated rings. The van der Waals surface area contributed by atoms with Gasteiger partial charge in [-0.15, -0.1) is 0 Å². The van der Waals surface area contributed by atoms with Gasteiger partial charge in [-0.1, -0.05) is 0 Å². The van der Waals surface area contributed by atoms with Crippen molar-refractivity contribution in [3.8, 4) is 0 Å². The fourth-order valence-corrected chi connectivity index (χ4v) is 0. The fourth-order valence-electron chi connectivity index (χ4n) is 0. The standard InChI is InChI=1S/C3H8O.2CH2O3.H3N.2Na.H2/c1-3(2)4;2*2-1(3)4;;;;/h3-4H,1-2H3;2*(H2,2,3,4);1H3;;;1H/q;;;;2*+1;/p-2. The van der Waals surface area contributed by atoms with Crippen LogP contribution in [0.3, 0.4) is 0 Å². The molecule has 0 rings (SSSR count). The first kappa shape index (κ1) is 36.1. The maximum Gasteiger partial charge on any atom is 1.00 e. The van der Waals surface area contributed by atoms with Gasteiger partial charge in [-0.05, 0) is 13.8 Å². The van der Waals surface area contributed by atoms with E-state index in [4.69, 9.17) is 35.1 Å². The third kappa shape index (κ3) is 10600. The maximum atomic E-state index is 8.44. The second-order valence-electron chi connectivity index (χ2n) is 1.63. The van der Waals surface area contributed by atoms with Crippen molar-refractivity contribution >= 4 is 12.3 Å². The van der Waals surface area contributed by atoms with Crippen LogP contribution in [0.1, 0.15) is 15.3 Å². The molecule has 0 bridgehead atoms. The van der Waals surface area contributed by atoms with Crippen molar-refractivity contribution in [2.45, 2.75) is 20.0 Å². The maximum absolute atomic E-state index is 8.44. The third-order valence-electron chi connectivity index (χ3n) is 0. The first-order valence-electron chi connectivity index (χ1n) is 2.68. The Bertz CT molecular complexity index is 115. The Hall–Kier alpha value is 0.460. The van der Waals surface area contributed by atoms with Crippen LogP contribution in [-0.4, -0.2) is 33.7 Å². The summed E-state index contributed by atoms with van der Waals surface area (Å²) in [7, 11) is 0. The van der Waals surface area contributed by atoms with Crippen molar-refractivity contribution in [1.29, 1.82) is 0 Å². The molecule has 0 aliphatic rings. The van der Waals surface area contributed by atoms with E-state index in [0.29, 0.717) is 0 Å². The van der Waals surface area contributed by atoms with Gasteiger partial charge in [0, 0.05) is 7.53 Å². The van der Waals surface area contributed by atoms with Gasteiger partial charge in [0.1, 0.15) is 0 Å². The van der Waals surface area contributed by atoms with E-state index >= 15 is 0 Å². The van der Waals surface area contributed by atoms with E-state index in [1.54, 1.807) is 13.8 Å². The van der Waals surface area contributed by atoms with Gasteiger partial charge < -0.3 is 41.3 Å². The molecule has 0 saturated carbocycles. The van der Waals surface area contributed by atoms with Crippen molar-refractivity contribution in [3.05, 3.63) is 0 Å². The minimum atomic E-state index is -2.08. The molecule has 0 aliphatic carbocycles. The van der Waals surface area contributed by atoms with Gasteiger partial charge in [-0.3, -0.25) is 0 Å². The average Bonchev–Trinajstić information content (AvgIpc) is 1.54. The van der Waals surface area contributed by atoms with Gasteiger partial charge in [0.15, 0.2) is 0 Å². The number of rotatable bonds is 0. The first-order chi connectivity index (χ1) is 5.20. The van der Waals surface area contributed by atoms with E-state index in [2.05, 4.69) is 0 Å². The molecule has 84 valence electrons. The Morgan fingerprint density at radius 3 is 1.07 bits per heavy atom. The number of hydrogen-bond acceptors (Lipinski definition) is 6. The van der Waals surface area contributed by atoms with Gasteiger partial charge in [0.05, 0.1) is 0 Å². The summed E-state index contributed by atoms with van der Waals surface area (Å²) in [6.45, 7) is 3.44. The molecular formula is C5H15NNa2O7. The second-order valence-corrected chi connectivity index (χ2v) is 1.63. The molecule has 0 amide bonds. The Morgan fingerprint density at radius 1 is 1.07 bits per heavy atom. The first-order valence-corrected chi connectivity index (χ1v) is 2.68. The molecule has 6 N–H and O–H groups in total. The minimum absolute atomic E-state index is 0. The topological polar surface area (TPSA) is 176 Å². The Morgan fingerprint density at radius 2 is 1.07 bits per heavy atom. The number of aliphatic hydroxyl groups is 1. The summed E-state index contributed by atoms with van der Waals surface area (Å²) < 4.78 is 0. The molecule has 0 aromatic carbocycles. The molecule has 0 heterocycles. The molecule has 0 radical (unpaired) electrons. The SMILES string of the molecule is CC(C)O.N.O=C([O-])O.O=C([O-])O.[HH].[Na+].[Na+]. The zero-order valence-corrected chi connectivity index (χ0v) is 13.3. The van der Waals surface area contributed by atoms with Gasteiger partial charge in [-0.2, -0.15) is 0 Å². The minimum Gasteiger partial charge on any atom is -0.565 e. The Balaban J connectivity index is -0.0000000135. The molecule has 0 aromatic rings. The third-order valence-corrected chi connectivity index (χ3v) is 0. The molecule has 0 saturated heterocycles. The van der Waals surface area contributed by atoms with Crippen LogP contribution in [0.5, 0.6) is 0 Å². The van der Waals surface area contributed by atoms with E-state index in [1.807, 2.05) is 0 Å². The van der Waals surface area contributed by atoms with E-state index in [0.717, 1.165) is 0 Å². The van der Waals surface area contributed by atoms with Gasteiger partial charge in [0.25, 0.3) is 0 Å². The summed E-state index contributed by atoms with van der Waals surface area (Å²) >= 11 is 0. The van der Waals surface area contributed by atoms with Crippen LogP contribution in [0, 0.1) is 0 Å². The molecule has 0 aromatic heterocycles. The summed E-state index contributed by atoms with van der Waals surface area (Å²) in [6, 6.07) is 0. The average molecular weight is 247 g/mol. The molecule has 8 nitrogen and oxygen atoms in total. The summed E-state index contributed by atoms with van der Waals surface area (Å²) in [5, 5.41) is 38.7. The summed E-state index contributed by atoms with van der Waals surface area (Å²) in [5.41, 5.74) is 0. The van der Waals surface area contributed by atoms with Crippen molar-refractivity contribution in [2.24, 2.45) is 0 Å². The van der Waals surface area contributed by atoms with Gasteiger partial charge in [-0.25, -0.2) is 0 Å². The van der Waals surface area contributed by atoms with Crippen molar-refractivity contribution in [3.63, 3.8) is 0 Å². The van der Waals surface area contributed by atoms with Gasteiger partial charge in [0.2, 0.25) is 12.3 Å². The normalized spacial score (nSPS) is 5.60. The molecule has 15 heavy (non-hydrogen) atoms. The monoisotopic (exact) mass is 247 g/mol. The van der Waals surface area contributed by atoms with E-state index in [-0.39, 0.29) is 72.8 Å². The molecular weight excluding hydrogens is 232 g/mol. The second kappa shape index (κ2) is 29.3. The van der Waals surface area contributed by atoms with E-state index in [9.17, 15) is 0 Å². The van der Waals surface area contributed by atoms with Crippen LogP contribution in [-0.2, 0) is 0 Å². The number of carbonyl (C=O) groups is 2. The quantitative estimate of drug-likeness (QED) is 0.305. The molecule has 0 spiro atoms. The number of carboxylic acid groups (broad SMARTS) is 4. The number of hydrogen-bond donors (Lipinski definition) is 4. The summed E-state index contributed by atoms with van der Waals surface area (Å²) in [4.78, 5) is 16.9. The van der Waals surface area contributed by atoms with Crippen molar-refractivity contribution < 1.29 is 95.7 Å². The zero-order valence-electron chi connectivity index (χ0n) is 9.26. The van der Waals surface area contributed by atoms with Crippen LogP contribution in [0.2, 0.25) is 0 Å². The van der Waals surface area contributed by atoms with E-state index in [1.165, 1.54) is 0 Å². The molecule has 0 unspecified atom stereocenters. The Kier molecular flexibility index (Phi) is 70.5. The van der Waals surface area contributed by atoms with Crippen molar-refractivity contribution in [2.75, 3.05) is 0 Å². The van der Waals surface area contributed by atoms with Gasteiger partial charge >= 0.3 is 59.1 Å². The molecule has 0 atom stereocenters. The van der Waals surface area contributed by atoms with Crippen molar-refractivity contribution in [1.82, 2.24) is 6.15 Å². The Labute approximate surface area is 133 Å². The zero-order chi connectivity index (χ0) is 10.7. The molecule has 10 heteroatoms. The predicted molar refractivity (Wildman–Crippen MR) is 40.5 cm³/mol.